The summed E-state index contributed by atoms with van der Waals surface area (Å²) in [5.41, 5.74) is 1.89. The molecule has 2 aliphatic rings. The Morgan fingerprint density at radius 2 is 2.26 bits per heavy atom. The van der Waals surface area contributed by atoms with Gasteiger partial charge in [-0.3, -0.25) is 4.79 Å². The smallest absolute Gasteiger partial charge is 0.226 e. The van der Waals surface area contributed by atoms with E-state index in [0.717, 1.165) is 16.1 Å². The van der Waals surface area contributed by atoms with Gasteiger partial charge in [0, 0.05) is 22.8 Å². The molecule has 2 aromatic rings. The van der Waals surface area contributed by atoms with Crippen LogP contribution in [0, 0.1) is 6.92 Å². The highest BCUT2D eigenvalue weighted by molar-refractivity contribution is 7.91. The Hall–Kier alpha value is -1.67. The first-order valence-corrected chi connectivity index (χ1v) is 10.3. The number of sulfone groups is 1. The van der Waals surface area contributed by atoms with Gasteiger partial charge in [-0.05, 0) is 24.8 Å². The molecule has 0 bridgehead atoms. The first-order valence-electron chi connectivity index (χ1n) is 7.57. The minimum Gasteiger partial charge on any atom is -0.311 e. The normalized spacial score (nSPS) is 26.0. The summed E-state index contributed by atoms with van der Waals surface area (Å²) in [6, 6.07) is 3.83. The lowest BCUT2D eigenvalue weighted by molar-refractivity contribution is -0.116. The van der Waals surface area contributed by atoms with Crippen LogP contribution in [0.2, 0.25) is 0 Å². The van der Waals surface area contributed by atoms with E-state index in [9.17, 15) is 13.2 Å². The van der Waals surface area contributed by atoms with Crippen molar-refractivity contribution in [3.05, 3.63) is 33.6 Å². The molecule has 8 heteroatoms. The Kier molecular flexibility index (Phi) is 3.35. The minimum absolute atomic E-state index is 0.00510. The van der Waals surface area contributed by atoms with Crippen LogP contribution in [0.3, 0.4) is 0 Å². The molecule has 2 aliphatic heterocycles. The van der Waals surface area contributed by atoms with Gasteiger partial charge in [-0.25, -0.2) is 13.1 Å². The van der Waals surface area contributed by atoms with Crippen LogP contribution in [0.1, 0.15) is 40.9 Å². The van der Waals surface area contributed by atoms with Crippen LogP contribution in [0.4, 0.5) is 5.82 Å². The maximum atomic E-state index is 12.2. The third-order valence-corrected chi connectivity index (χ3v) is 7.30. The minimum atomic E-state index is -3.00. The van der Waals surface area contributed by atoms with E-state index in [2.05, 4.69) is 10.4 Å². The van der Waals surface area contributed by atoms with Gasteiger partial charge in [-0.15, -0.1) is 11.3 Å². The number of hydrogen-bond donors (Lipinski definition) is 1. The van der Waals surface area contributed by atoms with E-state index in [1.165, 1.54) is 0 Å². The maximum absolute atomic E-state index is 12.2. The quantitative estimate of drug-likeness (QED) is 0.898. The van der Waals surface area contributed by atoms with Crippen LogP contribution in [0.5, 0.6) is 0 Å². The molecule has 122 valence electrons. The van der Waals surface area contributed by atoms with Crippen molar-refractivity contribution in [2.75, 3.05) is 16.8 Å². The van der Waals surface area contributed by atoms with E-state index in [1.54, 1.807) is 16.0 Å². The maximum Gasteiger partial charge on any atom is 0.226 e. The number of carbonyl (C=O) groups is 1. The molecule has 1 amide bonds. The number of aromatic nitrogens is 2. The van der Waals surface area contributed by atoms with Crippen LogP contribution in [0.15, 0.2) is 17.5 Å². The molecule has 2 atom stereocenters. The number of anilines is 1. The zero-order valence-corrected chi connectivity index (χ0v) is 14.3. The Morgan fingerprint density at radius 3 is 2.91 bits per heavy atom. The molecule has 1 saturated heterocycles. The molecule has 23 heavy (non-hydrogen) atoms. The second-order valence-corrected chi connectivity index (χ2v) is 9.38. The topological polar surface area (TPSA) is 81.1 Å². The van der Waals surface area contributed by atoms with Gasteiger partial charge in [-0.2, -0.15) is 5.10 Å². The summed E-state index contributed by atoms with van der Waals surface area (Å²) in [6.45, 7) is 1.93. The standard InChI is InChI=1S/C15H17N3O3S2/c1-9-14-11(12-3-2-5-22-12)7-13(19)16-15(14)18(17-9)10-4-6-23(20,21)8-10/h2-3,5,10-11H,4,6-8H2,1H3,(H,16,19)/t10-,11-/m1/s1. The molecular formula is C15H17N3O3S2. The second-order valence-electron chi connectivity index (χ2n) is 6.17. The van der Waals surface area contributed by atoms with Crippen molar-refractivity contribution < 1.29 is 13.2 Å². The van der Waals surface area contributed by atoms with Crippen molar-refractivity contribution >= 4 is 32.9 Å². The predicted molar refractivity (Wildman–Crippen MR) is 88.7 cm³/mol. The number of thiophene rings is 1. The number of hydrogen-bond acceptors (Lipinski definition) is 5. The van der Waals surface area contributed by atoms with Crippen LogP contribution in [-0.4, -0.2) is 35.6 Å². The average Bonchev–Trinajstić information content (AvgIpc) is 3.18. The molecule has 0 saturated carbocycles. The van der Waals surface area contributed by atoms with E-state index in [4.69, 9.17) is 0 Å². The first kappa shape index (κ1) is 14.9. The van der Waals surface area contributed by atoms with Gasteiger partial charge >= 0.3 is 0 Å². The highest BCUT2D eigenvalue weighted by Crippen LogP contribution is 2.42. The van der Waals surface area contributed by atoms with Crippen molar-refractivity contribution in [2.45, 2.75) is 31.7 Å². The molecule has 4 rings (SSSR count). The van der Waals surface area contributed by atoms with Gasteiger partial charge in [0.2, 0.25) is 5.91 Å². The second kappa shape index (κ2) is 5.17. The summed E-state index contributed by atoms with van der Waals surface area (Å²) in [5.74, 6) is 0.927. The fraction of sp³-hybridized carbons (Fsp3) is 0.467. The van der Waals surface area contributed by atoms with E-state index < -0.39 is 9.84 Å². The van der Waals surface area contributed by atoms with Crippen molar-refractivity contribution in [1.82, 2.24) is 9.78 Å². The van der Waals surface area contributed by atoms with E-state index in [0.29, 0.717) is 18.7 Å². The Morgan fingerprint density at radius 1 is 1.43 bits per heavy atom. The average molecular weight is 351 g/mol. The van der Waals surface area contributed by atoms with Crippen LogP contribution >= 0.6 is 11.3 Å². The number of fused-ring (bicyclic) bond motifs is 1. The third-order valence-electron chi connectivity index (χ3n) is 4.57. The number of aryl methyl sites for hydroxylation is 1. The highest BCUT2D eigenvalue weighted by Gasteiger charge is 2.37. The van der Waals surface area contributed by atoms with Gasteiger partial charge in [0.15, 0.2) is 9.84 Å². The molecule has 0 radical (unpaired) electrons. The fourth-order valence-corrected chi connectivity index (χ4v) is 6.07. The lowest BCUT2D eigenvalue weighted by Gasteiger charge is -2.24. The molecule has 1 fully saturated rings. The predicted octanol–water partition coefficient (Wildman–Crippen LogP) is 2.09. The Bertz CT molecular complexity index is 868. The summed E-state index contributed by atoms with van der Waals surface area (Å²) in [6.07, 6.45) is 0.957. The number of rotatable bonds is 2. The highest BCUT2D eigenvalue weighted by atomic mass is 32.2. The molecule has 2 aromatic heterocycles. The Balaban J connectivity index is 1.81. The molecule has 0 spiro atoms. The monoisotopic (exact) mass is 351 g/mol. The number of nitrogens with one attached hydrogen (secondary N) is 1. The van der Waals surface area contributed by atoms with Crippen LogP contribution < -0.4 is 5.32 Å². The van der Waals surface area contributed by atoms with Gasteiger partial charge in [0.1, 0.15) is 5.82 Å². The van der Waals surface area contributed by atoms with Crippen molar-refractivity contribution in [1.29, 1.82) is 0 Å². The van der Waals surface area contributed by atoms with Gasteiger partial charge in [0.25, 0.3) is 0 Å². The Labute approximate surface area is 138 Å². The molecule has 1 N–H and O–H groups in total. The largest absolute Gasteiger partial charge is 0.311 e. The van der Waals surface area contributed by atoms with Gasteiger partial charge in [0.05, 0.1) is 23.2 Å². The van der Waals surface area contributed by atoms with E-state index in [-0.39, 0.29) is 29.4 Å². The van der Waals surface area contributed by atoms with Crippen LogP contribution in [0.25, 0.3) is 0 Å². The summed E-state index contributed by atoms with van der Waals surface area (Å²) in [7, 11) is -3.00. The van der Waals surface area contributed by atoms with Gasteiger partial charge < -0.3 is 5.32 Å². The molecule has 0 unspecified atom stereocenters. The SMILES string of the molecule is Cc1nn([C@@H]2CCS(=O)(=O)C2)c2c1[C@@H](c1cccs1)CC(=O)N2. The molecule has 0 aliphatic carbocycles. The lowest BCUT2D eigenvalue weighted by atomic mass is 9.90. The van der Waals surface area contributed by atoms with Crippen molar-refractivity contribution in [3.8, 4) is 0 Å². The molecule has 0 aromatic carbocycles. The number of amides is 1. The summed E-state index contributed by atoms with van der Waals surface area (Å²) >= 11 is 1.63. The van der Waals surface area contributed by atoms with Gasteiger partial charge in [-0.1, -0.05) is 6.07 Å². The summed E-state index contributed by atoms with van der Waals surface area (Å²) in [4.78, 5) is 13.3. The molecule has 4 heterocycles. The van der Waals surface area contributed by atoms with Crippen LogP contribution in [-0.2, 0) is 14.6 Å². The van der Waals surface area contributed by atoms with E-state index >= 15 is 0 Å². The third kappa shape index (κ3) is 2.49. The number of carbonyl (C=O) groups excluding carboxylic acids is 1. The zero-order valence-electron chi connectivity index (χ0n) is 12.7. The van der Waals surface area contributed by atoms with Crippen molar-refractivity contribution in [3.63, 3.8) is 0 Å². The first-order chi connectivity index (χ1) is 10.9. The fourth-order valence-electron chi connectivity index (χ4n) is 3.54. The summed E-state index contributed by atoms with van der Waals surface area (Å²) < 4.78 is 25.3. The summed E-state index contributed by atoms with van der Waals surface area (Å²) in [5, 5.41) is 9.50. The van der Waals surface area contributed by atoms with E-state index in [1.807, 2.05) is 24.4 Å². The van der Waals surface area contributed by atoms with Crippen molar-refractivity contribution in [2.24, 2.45) is 0 Å². The lowest BCUT2D eigenvalue weighted by Crippen LogP contribution is -2.26. The number of nitrogens with zero attached hydrogens (tertiary/aromatic N) is 2. The zero-order chi connectivity index (χ0) is 16.2. The molecular weight excluding hydrogens is 334 g/mol. The molecule has 6 nitrogen and oxygen atoms in total.